The van der Waals surface area contributed by atoms with Crippen LogP contribution in [0.5, 0.6) is 0 Å². The summed E-state index contributed by atoms with van der Waals surface area (Å²) < 4.78 is 0. The van der Waals surface area contributed by atoms with Crippen molar-refractivity contribution in [2.75, 3.05) is 0 Å². The molecule has 1 aliphatic heterocycles. The molecule has 1 heterocycles. The van der Waals surface area contributed by atoms with Crippen LogP contribution in [-0.4, -0.2) is 27.8 Å². The first-order chi connectivity index (χ1) is 9.70. The van der Waals surface area contributed by atoms with Gasteiger partial charge in [0.05, 0.1) is 0 Å². The smallest absolute Gasteiger partial charge is 0.248 e. The zero-order valence-electron chi connectivity index (χ0n) is 13.5. The highest BCUT2D eigenvalue weighted by molar-refractivity contribution is 6.01. The number of benzene rings is 1. The molecule has 1 atom stereocenters. The summed E-state index contributed by atoms with van der Waals surface area (Å²) in [6.07, 6.45) is 0.590. The van der Waals surface area contributed by atoms with Crippen molar-refractivity contribution in [3.05, 3.63) is 35.4 Å². The number of aryl methyl sites for hydroxylation is 1. The Morgan fingerprint density at radius 3 is 2.19 bits per heavy atom. The number of carbonyl (C=O) groups is 2. The van der Waals surface area contributed by atoms with Crippen molar-refractivity contribution in [2.45, 2.75) is 58.7 Å². The van der Waals surface area contributed by atoms with E-state index in [9.17, 15) is 9.59 Å². The minimum atomic E-state index is -0.851. The zero-order chi connectivity index (χ0) is 15.8. The van der Waals surface area contributed by atoms with Crippen molar-refractivity contribution in [2.24, 2.45) is 0 Å². The predicted molar refractivity (Wildman–Crippen MR) is 82.6 cm³/mol. The molecular formula is C17H24N2O2. The second kappa shape index (κ2) is 5.17. The summed E-state index contributed by atoms with van der Waals surface area (Å²) in [4.78, 5) is 26.9. The Morgan fingerprint density at radius 1 is 1.10 bits per heavy atom. The van der Waals surface area contributed by atoms with Gasteiger partial charge in [0.25, 0.3) is 0 Å². The molecule has 0 spiro atoms. The quantitative estimate of drug-likeness (QED) is 0.928. The molecule has 21 heavy (non-hydrogen) atoms. The molecule has 1 aromatic rings. The van der Waals surface area contributed by atoms with Gasteiger partial charge in [-0.2, -0.15) is 0 Å². The number of rotatable bonds is 3. The van der Waals surface area contributed by atoms with Gasteiger partial charge in [-0.25, -0.2) is 0 Å². The van der Waals surface area contributed by atoms with E-state index in [0.717, 1.165) is 5.56 Å². The van der Waals surface area contributed by atoms with Crippen LogP contribution in [0, 0.1) is 6.92 Å². The number of carbonyl (C=O) groups excluding carboxylic acids is 2. The summed E-state index contributed by atoms with van der Waals surface area (Å²) in [7, 11) is 0. The van der Waals surface area contributed by atoms with Crippen molar-refractivity contribution >= 4 is 11.8 Å². The highest BCUT2D eigenvalue weighted by atomic mass is 16.2. The fraction of sp³-hybridized carbons (Fsp3) is 0.529. The zero-order valence-corrected chi connectivity index (χ0v) is 13.5. The van der Waals surface area contributed by atoms with E-state index in [4.69, 9.17) is 0 Å². The van der Waals surface area contributed by atoms with E-state index in [-0.39, 0.29) is 11.8 Å². The Hall–Kier alpha value is -1.84. The average Bonchev–Trinajstić information content (AvgIpc) is 2.43. The van der Waals surface area contributed by atoms with E-state index < -0.39 is 11.1 Å². The molecule has 1 aliphatic rings. The van der Waals surface area contributed by atoms with Gasteiger partial charge in [0, 0.05) is 6.54 Å². The van der Waals surface area contributed by atoms with Crippen LogP contribution in [0.2, 0.25) is 0 Å². The molecule has 2 rings (SSSR count). The van der Waals surface area contributed by atoms with Gasteiger partial charge in [-0.05, 0) is 39.7 Å². The third-order valence-corrected chi connectivity index (χ3v) is 4.44. The van der Waals surface area contributed by atoms with Crippen LogP contribution in [0.1, 0.15) is 45.2 Å². The molecule has 4 heteroatoms. The minimum absolute atomic E-state index is 0.0352. The number of nitrogens with one attached hydrogen (secondary N) is 1. The first-order valence-corrected chi connectivity index (χ1v) is 7.41. The standard InChI is InChI=1S/C17H24N2O2/c1-6-17(5)14(20)18-16(3,4)15(21)19(17)11-13-9-7-12(2)8-10-13/h7-10H,6,11H2,1-5H3,(H,18,20). The summed E-state index contributed by atoms with van der Waals surface area (Å²) in [6, 6.07) is 8.08. The second-order valence-electron chi connectivity index (χ2n) is 6.58. The SMILES string of the molecule is CCC1(C)C(=O)NC(C)(C)C(=O)N1Cc1ccc(C)cc1. The molecule has 1 saturated heterocycles. The van der Waals surface area contributed by atoms with Gasteiger partial charge in [0.15, 0.2) is 0 Å². The Balaban J connectivity index is 2.37. The number of amides is 2. The monoisotopic (exact) mass is 288 g/mol. The minimum Gasteiger partial charge on any atom is -0.340 e. The second-order valence-corrected chi connectivity index (χ2v) is 6.58. The highest BCUT2D eigenvalue weighted by Gasteiger charge is 2.51. The Bertz CT molecular complexity index is 563. The van der Waals surface area contributed by atoms with Gasteiger partial charge in [-0.15, -0.1) is 0 Å². The molecule has 2 amide bonds. The lowest BCUT2D eigenvalue weighted by Crippen LogP contribution is -2.72. The summed E-state index contributed by atoms with van der Waals surface area (Å²) in [5.74, 6) is -0.117. The molecule has 0 aliphatic carbocycles. The fourth-order valence-electron chi connectivity index (χ4n) is 2.63. The van der Waals surface area contributed by atoms with E-state index in [1.54, 1.807) is 18.7 Å². The van der Waals surface area contributed by atoms with Crippen LogP contribution < -0.4 is 5.32 Å². The van der Waals surface area contributed by atoms with Gasteiger partial charge >= 0.3 is 0 Å². The summed E-state index contributed by atoms with van der Waals surface area (Å²) >= 11 is 0. The number of hydrogen-bond donors (Lipinski definition) is 1. The molecule has 114 valence electrons. The lowest BCUT2D eigenvalue weighted by atomic mass is 9.86. The van der Waals surface area contributed by atoms with Crippen molar-refractivity contribution in [3.63, 3.8) is 0 Å². The van der Waals surface area contributed by atoms with Gasteiger partial charge in [0.2, 0.25) is 11.8 Å². The normalized spacial score (nSPS) is 24.9. The third kappa shape index (κ3) is 2.67. The summed E-state index contributed by atoms with van der Waals surface area (Å²) in [6.45, 7) is 9.77. The Morgan fingerprint density at radius 2 is 1.67 bits per heavy atom. The largest absolute Gasteiger partial charge is 0.340 e. The van der Waals surface area contributed by atoms with Crippen LogP contribution in [-0.2, 0) is 16.1 Å². The van der Waals surface area contributed by atoms with Crippen molar-refractivity contribution in [1.29, 1.82) is 0 Å². The summed E-state index contributed by atoms with van der Waals surface area (Å²) in [5, 5.41) is 2.84. The van der Waals surface area contributed by atoms with Crippen molar-refractivity contribution < 1.29 is 9.59 Å². The van der Waals surface area contributed by atoms with Crippen molar-refractivity contribution in [3.8, 4) is 0 Å². The Kier molecular flexibility index (Phi) is 3.83. The van der Waals surface area contributed by atoms with Crippen LogP contribution in [0.3, 0.4) is 0 Å². The lowest BCUT2D eigenvalue weighted by molar-refractivity contribution is -0.161. The maximum absolute atomic E-state index is 12.7. The van der Waals surface area contributed by atoms with Crippen LogP contribution in [0.25, 0.3) is 0 Å². The molecule has 0 aromatic heterocycles. The molecule has 1 unspecified atom stereocenters. The maximum atomic E-state index is 12.7. The van der Waals surface area contributed by atoms with Crippen molar-refractivity contribution in [1.82, 2.24) is 10.2 Å². The fourth-order valence-corrected chi connectivity index (χ4v) is 2.63. The van der Waals surface area contributed by atoms with Crippen LogP contribution in [0.4, 0.5) is 0 Å². The van der Waals surface area contributed by atoms with E-state index in [1.807, 2.05) is 45.0 Å². The highest BCUT2D eigenvalue weighted by Crippen LogP contribution is 2.30. The molecular weight excluding hydrogens is 264 g/mol. The number of hydrogen-bond acceptors (Lipinski definition) is 2. The van der Waals surface area contributed by atoms with Crippen LogP contribution in [0.15, 0.2) is 24.3 Å². The first-order valence-electron chi connectivity index (χ1n) is 7.41. The van der Waals surface area contributed by atoms with E-state index >= 15 is 0 Å². The third-order valence-electron chi connectivity index (χ3n) is 4.44. The lowest BCUT2D eigenvalue weighted by Gasteiger charge is -2.49. The molecule has 0 bridgehead atoms. The van der Waals surface area contributed by atoms with Gasteiger partial charge in [-0.3, -0.25) is 9.59 Å². The maximum Gasteiger partial charge on any atom is 0.248 e. The molecule has 1 N–H and O–H groups in total. The molecule has 4 nitrogen and oxygen atoms in total. The van der Waals surface area contributed by atoms with Gasteiger partial charge in [0.1, 0.15) is 11.1 Å². The predicted octanol–water partition coefficient (Wildman–Crippen LogP) is 2.40. The number of piperazine rings is 1. The number of nitrogens with zero attached hydrogens (tertiary/aromatic N) is 1. The molecule has 1 aromatic carbocycles. The topological polar surface area (TPSA) is 49.4 Å². The van der Waals surface area contributed by atoms with E-state index in [1.165, 1.54) is 5.56 Å². The Labute approximate surface area is 126 Å². The van der Waals surface area contributed by atoms with Gasteiger partial charge < -0.3 is 10.2 Å². The first kappa shape index (κ1) is 15.5. The molecule has 1 fully saturated rings. The molecule has 0 saturated carbocycles. The van der Waals surface area contributed by atoms with Crippen LogP contribution >= 0.6 is 0 Å². The molecule has 0 radical (unpaired) electrons. The summed E-state index contributed by atoms with van der Waals surface area (Å²) in [5.41, 5.74) is 0.577. The van der Waals surface area contributed by atoms with E-state index in [2.05, 4.69) is 5.32 Å². The van der Waals surface area contributed by atoms with Gasteiger partial charge in [-0.1, -0.05) is 36.8 Å². The average molecular weight is 288 g/mol. The van der Waals surface area contributed by atoms with E-state index in [0.29, 0.717) is 13.0 Å².